The van der Waals surface area contributed by atoms with Gasteiger partial charge in [0.25, 0.3) is 5.91 Å². The fourth-order valence-corrected chi connectivity index (χ4v) is 6.66. The molecule has 2 fully saturated rings. The smallest absolute Gasteiger partial charge is 0.274 e. The number of rotatable bonds is 5. The Morgan fingerprint density at radius 2 is 1.90 bits per heavy atom. The zero-order chi connectivity index (χ0) is 27.5. The summed E-state index contributed by atoms with van der Waals surface area (Å²) in [4.78, 5) is 22.0. The third-order valence-electron chi connectivity index (χ3n) is 8.22. The van der Waals surface area contributed by atoms with Crippen LogP contribution >= 0.6 is 11.6 Å². The lowest BCUT2D eigenvalue weighted by atomic mass is 9.89. The lowest BCUT2D eigenvalue weighted by molar-refractivity contribution is 0.0263. The van der Waals surface area contributed by atoms with Crippen LogP contribution in [0.3, 0.4) is 0 Å². The topological polar surface area (TPSA) is 124 Å². The van der Waals surface area contributed by atoms with Gasteiger partial charge in [-0.3, -0.25) is 9.48 Å². The number of halogens is 2. The summed E-state index contributed by atoms with van der Waals surface area (Å²) >= 11 is 5.88. The number of hydrogen-bond donors (Lipinski definition) is 3. The summed E-state index contributed by atoms with van der Waals surface area (Å²) < 4.78 is 17.0. The summed E-state index contributed by atoms with van der Waals surface area (Å²) in [6.45, 7) is 0. The van der Waals surface area contributed by atoms with Crippen LogP contribution in [-0.4, -0.2) is 35.3 Å². The molecule has 0 spiro atoms. The Bertz CT molecular complexity index is 1550. The van der Waals surface area contributed by atoms with Crippen LogP contribution in [0.2, 0.25) is 5.02 Å². The minimum absolute atomic E-state index is 0.0557. The summed E-state index contributed by atoms with van der Waals surface area (Å²) in [6, 6.07) is 9.63. The number of fused-ring (bicyclic) bond motifs is 1. The van der Waals surface area contributed by atoms with Crippen molar-refractivity contribution in [1.82, 2.24) is 24.3 Å². The lowest BCUT2D eigenvalue weighted by Gasteiger charge is -2.25. The average molecular weight is 550 g/mol. The van der Waals surface area contributed by atoms with Gasteiger partial charge in [0.1, 0.15) is 22.9 Å². The van der Waals surface area contributed by atoms with Crippen molar-refractivity contribution in [3.63, 3.8) is 0 Å². The molecule has 0 bridgehead atoms. The van der Waals surface area contributed by atoms with Gasteiger partial charge in [0.15, 0.2) is 0 Å². The number of aliphatic hydroxyl groups is 1. The van der Waals surface area contributed by atoms with Crippen molar-refractivity contribution in [2.45, 2.75) is 37.2 Å². The number of nitrogens with two attached hydrogens (primary N) is 1. The third kappa shape index (κ3) is 4.57. The van der Waals surface area contributed by atoms with Crippen LogP contribution in [0.1, 0.15) is 53.5 Å². The van der Waals surface area contributed by atoms with Crippen molar-refractivity contribution in [2.75, 3.05) is 11.1 Å². The van der Waals surface area contributed by atoms with Gasteiger partial charge in [-0.2, -0.15) is 5.10 Å². The first-order valence-corrected chi connectivity index (χ1v) is 13.3. The van der Waals surface area contributed by atoms with Crippen molar-refractivity contribution in [3.05, 3.63) is 76.8 Å². The largest absolute Gasteiger partial charge is 0.384 e. The van der Waals surface area contributed by atoms with E-state index in [4.69, 9.17) is 17.3 Å². The first-order valence-electron chi connectivity index (χ1n) is 12.9. The number of benzene rings is 1. The number of amides is 1. The molecule has 3 aromatic heterocycles. The minimum Gasteiger partial charge on any atom is -0.384 e. The maximum atomic E-state index is 13.5. The first kappa shape index (κ1) is 25.5. The third-order valence-corrected chi connectivity index (χ3v) is 8.51. The predicted octanol–water partition coefficient (Wildman–Crippen LogP) is 4.63. The van der Waals surface area contributed by atoms with E-state index in [0.717, 1.165) is 35.5 Å². The number of imidazole rings is 1. The van der Waals surface area contributed by atoms with E-state index in [9.17, 15) is 14.3 Å². The molecular weight excluding hydrogens is 521 g/mol. The highest BCUT2D eigenvalue weighted by Gasteiger charge is 2.51. The minimum atomic E-state index is -0.978. The van der Waals surface area contributed by atoms with Gasteiger partial charge in [0, 0.05) is 37.5 Å². The molecule has 2 aliphatic rings. The zero-order valence-electron chi connectivity index (χ0n) is 21.6. The number of pyridine rings is 1. The molecule has 2 saturated carbocycles. The second-order valence-electron chi connectivity index (χ2n) is 10.8. The molecule has 2 unspecified atom stereocenters. The summed E-state index contributed by atoms with van der Waals surface area (Å²) in [5, 5.41) is 19.1. The Balaban J connectivity index is 1.18. The van der Waals surface area contributed by atoms with E-state index in [-0.39, 0.29) is 16.8 Å². The molecule has 6 rings (SSSR count). The van der Waals surface area contributed by atoms with Gasteiger partial charge in [-0.1, -0.05) is 11.6 Å². The zero-order valence-corrected chi connectivity index (χ0v) is 22.4. The van der Waals surface area contributed by atoms with E-state index in [1.54, 1.807) is 34.9 Å². The van der Waals surface area contributed by atoms with Crippen LogP contribution in [0.4, 0.5) is 15.9 Å². The maximum absolute atomic E-state index is 13.5. The highest BCUT2D eigenvalue weighted by Crippen LogP contribution is 2.57. The molecule has 11 heteroatoms. The van der Waals surface area contributed by atoms with Crippen LogP contribution in [0.15, 0.2) is 48.9 Å². The second-order valence-corrected chi connectivity index (χ2v) is 11.2. The van der Waals surface area contributed by atoms with Crippen LogP contribution in [-0.2, 0) is 19.7 Å². The van der Waals surface area contributed by atoms with Crippen LogP contribution in [0.5, 0.6) is 0 Å². The van der Waals surface area contributed by atoms with Crippen molar-refractivity contribution in [1.29, 1.82) is 0 Å². The predicted molar refractivity (Wildman–Crippen MR) is 146 cm³/mol. The number of nitrogen functional groups attached to an aromatic ring is 1. The number of anilines is 2. The molecule has 3 heterocycles. The Kier molecular flexibility index (Phi) is 6.19. The molecule has 202 valence electrons. The standard InChI is InChI=1S/C28H29ClFN7O2/c1-36-14-33-25(26(36)27(38)34-19-4-5-21(30)20(29)9-19)16-7-17-11-28(39,12-18(17)8-16)23-10-22(35-37(23)2)15-3-6-24(31)32-13-15/h3-6,9-10,13-14,16-18,39H,7-8,11-12H2,1-2H3,(H2,31,32)(H,34,38). The number of carbonyl (C=O) groups is 1. The van der Waals surface area contributed by atoms with Crippen LogP contribution in [0.25, 0.3) is 11.3 Å². The van der Waals surface area contributed by atoms with Gasteiger partial charge in [-0.15, -0.1) is 0 Å². The van der Waals surface area contributed by atoms with Gasteiger partial charge in [0.05, 0.1) is 28.4 Å². The molecule has 1 aromatic carbocycles. The van der Waals surface area contributed by atoms with Gasteiger partial charge in [0.2, 0.25) is 0 Å². The second kappa shape index (κ2) is 9.46. The van der Waals surface area contributed by atoms with E-state index < -0.39 is 11.4 Å². The normalized spacial score (nSPS) is 24.2. The SMILES string of the molecule is Cn1cnc(C2CC3CC(O)(c4cc(-c5ccc(N)nc5)nn4C)CC3C2)c1C(=O)Nc1ccc(F)c(Cl)c1. The summed E-state index contributed by atoms with van der Waals surface area (Å²) in [5.74, 6) is 0.279. The maximum Gasteiger partial charge on any atom is 0.274 e. The number of aryl methyl sites for hydroxylation is 2. The number of carbonyl (C=O) groups excluding carboxylic acids is 1. The fourth-order valence-electron chi connectivity index (χ4n) is 6.48. The Morgan fingerprint density at radius 3 is 2.56 bits per heavy atom. The number of nitrogens with one attached hydrogen (secondary N) is 1. The number of aromatic nitrogens is 5. The molecule has 0 radical (unpaired) electrons. The van der Waals surface area contributed by atoms with Crippen molar-refractivity contribution < 1.29 is 14.3 Å². The van der Waals surface area contributed by atoms with Crippen molar-refractivity contribution in [3.8, 4) is 11.3 Å². The average Bonchev–Trinajstić information content (AvgIpc) is 3.63. The van der Waals surface area contributed by atoms with Gasteiger partial charge < -0.3 is 20.7 Å². The van der Waals surface area contributed by atoms with E-state index in [2.05, 4.69) is 20.4 Å². The highest BCUT2D eigenvalue weighted by atomic mass is 35.5. The monoisotopic (exact) mass is 549 g/mol. The van der Waals surface area contributed by atoms with Gasteiger partial charge in [-0.05, 0) is 73.9 Å². The molecule has 4 N–H and O–H groups in total. The van der Waals surface area contributed by atoms with Gasteiger partial charge in [-0.25, -0.2) is 14.4 Å². The van der Waals surface area contributed by atoms with Gasteiger partial charge >= 0.3 is 0 Å². The molecule has 9 nitrogen and oxygen atoms in total. The Hall–Kier alpha value is -3.76. The molecular formula is C28H29ClFN7O2. The summed E-state index contributed by atoms with van der Waals surface area (Å²) in [7, 11) is 3.64. The molecule has 1 amide bonds. The molecule has 4 aromatic rings. The van der Waals surface area contributed by atoms with Crippen LogP contribution in [0, 0.1) is 17.7 Å². The molecule has 0 saturated heterocycles. The van der Waals surface area contributed by atoms with E-state index in [0.29, 0.717) is 41.9 Å². The first-order chi connectivity index (χ1) is 18.6. The molecule has 2 atom stereocenters. The number of hydrogen-bond acceptors (Lipinski definition) is 6. The van der Waals surface area contributed by atoms with Crippen molar-refractivity contribution >= 4 is 29.0 Å². The van der Waals surface area contributed by atoms with E-state index >= 15 is 0 Å². The highest BCUT2D eigenvalue weighted by molar-refractivity contribution is 6.31. The molecule has 0 aliphatic heterocycles. The number of nitrogens with zero attached hydrogens (tertiary/aromatic N) is 5. The lowest BCUT2D eigenvalue weighted by Crippen LogP contribution is -2.26. The Labute approximate surface area is 229 Å². The fraction of sp³-hybridized carbons (Fsp3) is 0.357. The quantitative estimate of drug-likeness (QED) is 0.333. The van der Waals surface area contributed by atoms with E-state index in [1.807, 2.05) is 19.2 Å². The molecule has 39 heavy (non-hydrogen) atoms. The van der Waals surface area contributed by atoms with E-state index in [1.165, 1.54) is 18.2 Å². The summed E-state index contributed by atoms with van der Waals surface area (Å²) in [6.07, 6.45) is 6.24. The molecule has 2 aliphatic carbocycles. The van der Waals surface area contributed by atoms with Crippen molar-refractivity contribution in [2.24, 2.45) is 25.9 Å². The summed E-state index contributed by atoms with van der Waals surface area (Å²) in [5.41, 5.74) is 8.76. The Morgan fingerprint density at radius 1 is 1.15 bits per heavy atom. The van der Waals surface area contributed by atoms with Crippen LogP contribution < -0.4 is 11.1 Å².